The van der Waals surface area contributed by atoms with Crippen LogP contribution in [0.2, 0.25) is 0 Å². The summed E-state index contributed by atoms with van der Waals surface area (Å²) in [5.41, 5.74) is 0.701. The Bertz CT molecular complexity index is 484. The Morgan fingerprint density at radius 1 is 1.30 bits per heavy atom. The average molecular weight is 278 g/mol. The van der Waals surface area contributed by atoms with Crippen LogP contribution in [0.25, 0.3) is 0 Å². The van der Waals surface area contributed by atoms with Crippen LogP contribution in [0.5, 0.6) is 5.75 Å². The molecule has 2 amide bonds. The molecule has 0 spiro atoms. The van der Waals surface area contributed by atoms with E-state index in [4.69, 9.17) is 10.2 Å². The van der Waals surface area contributed by atoms with Crippen LogP contribution in [0.4, 0.5) is 4.79 Å². The highest BCUT2D eigenvalue weighted by Crippen LogP contribution is 2.11. The second kappa shape index (κ2) is 7.18. The molecule has 0 aliphatic heterocycles. The predicted octanol–water partition coefficient (Wildman–Crippen LogP) is 1.26. The lowest BCUT2D eigenvalue weighted by molar-refractivity contribution is -0.139. The van der Waals surface area contributed by atoms with Gasteiger partial charge in [-0.2, -0.15) is 0 Å². The van der Waals surface area contributed by atoms with Crippen LogP contribution in [0.1, 0.15) is 12.5 Å². The Hall–Kier alpha value is -2.50. The Balaban J connectivity index is 2.65. The Morgan fingerprint density at radius 3 is 2.40 bits per heavy atom. The highest BCUT2D eigenvalue weighted by molar-refractivity contribution is 5.83. The first kappa shape index (κ1) is 15.6. The van der Waals surface area contributed by atoms with Crippen molar-refractivity contribution in [1.82, 2.24) is 10.6 Å². The van der Waals surface area contributed by atoms with E-state index in [1.807, 2.05) is 0 Å². The molecular weight excluding hydrogens is 260 g/mol. The molecular formula is C14H18N2O4. The molecule has 1 rings (SSSR count). The van der Waals surface area contributed by atoms with Gasteiger partial charge in [-0.3, -0.25) is 0 Å². The van der Waals surface area contributed by atoms with E-state index in [1.165, 1.54) is 18.2 Å². The topological polar surface area (TPSA) is 98.7 Å². The number of benzene rings is 1. The van der Waals surface area contributed by atoms with Crippen LogP contribution in [0.15, 0.2) is 36.9 Å². The molecule has 0 aliphatic rings. The minimum atomic E-state index is -1.13. The van der Waals surface area contributed by atoms with Gasteiger partial charge < -0.3 is 20.8 Å². The third-order valence-corrected chi connectivity index (χ3v) is 2.69. The normalized spacial score (nSPS) is 13.1. The zero-order chi connectivity index (χ0) is 15.1. The predicted molar refractivity (Wildman–Crippen MR) is 74.6 cm³/mol. The molecule has 0 saturated carbocycles. The van der Waals surface area contributed by atoms with Crippen molar-refractivity contribution in [3.05, 3.63) is 42.5 Å². The van der Waals surface area contributed by atoms with E-state index in [0.717, 1.165) is 0 Å². The van der Waals surface area contributed by atoms with E-state index < -0.39 is 18.0 Å². The minimum Gasteiger partial charge on any atom is -0.508 e. The first-order valence-corrected chi connectivity index (χ1v) is 6.12. The van der Waals surface area contributed by atoms with Gasteiger partial charge in [0.2, 0.25) is 0 Å². The first-order valence-electron chi connectivity index (χ1n) is 6.12. The van der Waals surface area contributed by atoms with Gasteiger partial charge in [-0.05, 0) is 24.6 Å². The summed E-state index contributed by atoms with van der Waals surface area (Å²) in [6, 6.07) is 4.29. The first-order chi connectivity index (χ1) is 9.42. The lowest BCUT2D eigenvalue weighted by atomic mass is 10.1. The number of hydrogen-bond acceptors (Lipinski definition) is 3. The molecule has 1 aromatic carbocycles. The number of aromatic hydroxyl groups is 1. The van der Waals surface area contributed by atoms with Crippen molar-refractivity contribution in [3.63, 3.8) is 0 Å². The zero-order valence-corrected chi connectivity index (χ0v) is 11.2. The van der Waals surface area contributed by atoms with Gasteiger partial charge in [0, 0.05) is 12.5 Å². The molecule has 108 valence electrons. The molecule has 0 saturated heterocycles. The fourth-order valence-electron chi connectivity index (χ4n) is 1.53. The number of amides is 2. The van der Waals surface area contributed by atoms with Crippen LogP contribution in [0, 0.1) is 0 Å². The molecule has 0 aromatic heterocycles. The number of carbonyl (C=O) groups excluding carboxylic acids is 1. The van der Waals surface area contributed by atoms with Crippen LogP contribution in [-0.2, 0) is 11.2 Å². The maximum atomic E-state index is 11.6. The molecule has 0 aliphatic carbocycles. The molecule has 2 atom stereocenters. The van der Waals surface area contributed by atoms with E-state index in [-0.39, 0.29) is 18.2 Å². The summed E-state index contributed by atoms with van der Waals surface area (Å²) < 4.78 is 0. The van der Waals surface area contributed by atoms with E-state index in [1.54, 1.807) is 19.1 Å². The van der Waals surface area contributed by atoms with E-state index in [2.05, 4.69) is 17.2 Å². The van der Waals surface area contributed by atoms with Crippen molar-refractivity contribution in [2.24, 2.45) is 0 Å². The van der Waals surface area contributed by atoms with Crippen LogP contribution < -0.4 is 10.6 Å². The third-order valence-electron chi connectivity index (χ3n) is 2.69. The van der Waals surface area contributed by atoms with Crippen molar-refractivity contribution in [2.75, 3.05) is 0 Å². The van der Waals surface area contributed by atoms with Crippen LogP contribution in [-0.4, -0.2) is 34.3 Å². The summed E-state index contributed by atoms with van der Waals surface area (Å²) in [5.74, 6) is -1.02. The second-order valence-corrected chi connectivity index (χ2v) is 4.40. The second-order valence-electron chi connectivity index (χ2n) is 4.40. The lowest BCUT2D eigenvalue weighted by Crippen LogP contribution is -2.48. The molecule has 4 N–H and O–H groups in total. The lowest BCUT2D eigenvalue weighted by Gasteiger charge is -2.17. The van der Waals surface area contributed by atoms with E-state index >= 15 is 0 Å². The summed E-state index contributed by atoms with van der Waals surface area (Å²) in [6.45, 7) is 5.25. The number of phenols is 1. The van der Waals surface area contributed by atoms with Gasteiger partial charge in [-0.1, -0.05) is 18.2 Å². The van der Waals surface area contributed by atoms with E-state index in [9.17, 15) is 9.59 Å². The van der Waals surface area contributed by atoms with Gasteiger partial charge in [0.05, 0.1) is 0 Å². The summed E-state index contributed by atoms with van der Waals surface area (Å²) >= 11 is 0. The molecule has 0 radical (unpaired) electrons. The Labute approximate surface area is 117 Å². The van der Waals surface area contributed by atoms with Crippen molar-refractivity contribution in [3.8, 4) is 5.75 Å². The van der Waals surface area contributed by atoms with Gasteiger partial charge in [0.25, 0.3) is 0 Å². The smallest absolute Gasteiger partial charge is 0.326 e. The summed E-state index contributed by atoms with van der Waals surface area (Å²) in [5, 5.41) is 23.2. The number of carboxylic acids is 1. The number of carboxylic acid groups (broad SMARTS) is 1. The number of hydrogen-bond donors (Lipinski definition) is 4. The van der Waals surface area contributed by atoms with Crippen LogP contribution >= 0.6 is 0 Å². The number of rotatable bonds is 6. The Morgan fingerprint density at radius 2 is 1.90 bits per heavy atom. The SMILES string of the molecule is C=CC(C)NC(=O)NC(Cc1ccc(O)cc1)C(=O)O. The number of carbonyl (C=O) groups is 2. The summed E-state index contributed by atoms with van der Waals surface area (Å²) in [6.07, 6.45) is 1.67. The third kappa shape index (κ3) is 5.01. The van der Waals surface area contributed by atoms with E-state index in [0.29, 0.717) is 5.56 Å². The number of aliphatic carboxylic acids is 1. The molecule has 6 nitrogen and oxygen atoms in total. The van der Waals surface area contributed by atoms with Crippen molar-refractivity contribution in [2.45, 2.75) is 25.4 Å². The van der Waals surface area contributed by atoms with Crippen LogP contribution in [0.3, 0.4) is 0 Å². The van der Waals surface area contributed by atoms with Crippen molar-refractivity contribution < 1.29 is 19.8 Å². The standard InChI is InChI=1S/C14H18N2O4/c1-3-9(2)15-14(20)16-12(13(18)19)8-10-4-6-11(17)7-5-10/h3-7,9,12,17H,1,8H2,2H3,(H,18,19)(H2,15,16,20). The highest BCUT2D eigenvalue weighted by atomic mass is 16.4. The minimum absolute atomic E-state index is 0.103. The largest absolute Gasteiger partial charge is 0.508 e. The maximum Gasteiger partial charge on any atom is 0.326 e. The average Bonchev–Trinajstić information content (AvgIpc) is 2.40. The fraction of sp³-hybridized carbons (Fsp3) is 0.286. The molecule has 2 unspecified atom stereocenters. The molecule has 6 heteroatoms. The molecule has 1 aromatic rings. The van der Waals surface area contributed by atoms with Crippen molar-refractivity contribution in [1.29, 1.82) is 0 Å². The summed E-state index contributed by atoms with van der Waals surface area (Å²) in [4.78, 5) is 22.7. The van der Waals surface area contributed by atoms with Crippen molar-refractivity contribution >= 4 is 12.0 Å². The van der Waals surface area contributed by atoms with Gasteiger partial charge in [-0.25, -0.2) is 9.59 Å². The van der Waals surface area contributed by atoms with Gasteiger partial charge >= 0.3 is 12.0 Å². The van der Waals surface area contributed by atoms with Gasteiger partial charge in [-0.15, -0.1) is 6.58 Å². The molecule has 20 heavy (non-hydrogen) atoms. The Kier molecular flexibility index (Phi) is 5.58. The monoisotopic (exact) mass is 278 g/mol. The zero-order valence-electron chi connectivity index (χ0n) is 11.2. The molecule has 0 bridgehead atoms. The number of phenolic OH excluding ortho intramolecular Hbond substituents is 1. The quantitative estimate of drug-likeness (QED) is 0.589. The number of nitrogens with one attached hydrogen (secondary N) is 2. The molecule has 0 heterocycles. The maximum absolute atomic E-state index is 11.6. The fourth-order valence-corrected chi connectivity index (χ4v) is 1.53. The molecule has 0 fully saturated rings. The van der Waals surface area contributed by atoms with Gasteiger partial charge in [0.15, 0.2) is 0 Å². The number of urea groups is 1. The highest BCUT2D eigenvalue weighted by Gasteiger charge is 2.20. The van der Waals surface area contributed by atoms with Gasteiger partial charge in [0.1, 0.15) is 11.8 Å². The summed E-state index contributed by atoms with van der Waals surface area (Å²) in [7, 11) is 0.